The maximum Gasteiger partial charge on any atom is 0.289 e. The molecule has 4 rings (SSSR count). The number of amides is 1. The molecule has 1 aliphatic rings. The molecule has 8 heteroatoms. The molecule has 1 atom stereocenters. The normalized spacial score (nSPS) is 16.2. The molecule has 0 unspecified atom stereocenters. The lowest BCUT2D eigenvalue weighted by Gasteiger charge is -2.40. The molecule has 0 spiro atoms. The Morgan fingerprint density at radius 1 is 1.07 bits per heavy atom. The van der Waals surface area contributed by atoms with Gasteiger partial charge in [0.05, 0.1) is 12.3 Å². The minimum atomic E-state index is -0.0477. The van der Waals surface area contributed by atoms with E-state index < -0.39 is 0 Å². The Morgan fingerprint density at radius 2 is 1.83 bits per heavy atom. The summed E-state index contributed by atoms with van der Waals surface area (Å²) in [5, 5.41) is 12.6. The van der Waals surface area contributed by atoms with Crippen molar-refractivity contribution in [3.63, 3.8) is 0 Å². The van der Waals surface area contributed by atoms with Crippen molar-refractivity contribution in [2.75, 3.05) is 26.2 Å². The third-order valence-electron chi connectivity index (χ3n) is 5.64. The van der Waals surface area contributed by atoms with E-state index in [1.807, 2.05) is 15.6 Å². The molecule has 0 radical (unpaired) electrons. The Balaban J connectivity index is 1.43. The van der Waals surface area contributed by atoms with Crippen molar-refractivity contribution in [2.24, 2.45) is 5.92 Å². The van der Waals surface area contributed by atoms with Gasteiger partial charge in [-0.3, -0.25) is 9.69 Å². The van der Waals surface area contributed by atoms with Crippen molar-refractivity contribution < 1.29 is 9.21 Å². The van der Waals surface area contributed by atoms with Gasteiger partial charge in [-0.25, -0.2) is 4.68 Å². The van der Waals surface area contributed by atoms with Crippen LogP contribution < -0.4 is 0 Å². The van der Waals surface area contributed by atoms with Crippen molar-refractivity contribution in [1.29, 1.82) is 0 Å². The molecule has 1 aliphatic heterocycles. The van der Waals surface area contributed by atoms with Crippen LogP contribution in [0.2, 0.25) is 0 Å². The van der Waals surface area contributed by atoms with E-state index in [-0.39, 0.29) is 11.9 Å². The second-order valence-corrected chi connectivity index (χ2v) is 7.99. The molecule has 1 fully saturated rings. The van der Waals surface area contributed by atoms with E-state index >= 15 is 0 Å². The summed E-state index contributed by atoms with van der Waals surface area (Å²) in [4.78, 5) is 16.8. The molecule has 1 amide bonds. The van der Waals surface area contributed by atoms with Crippen LogP contribution in [0.4, 0.5) is 0 Å². The third kappa shape index (κ3) is 4.43. The SMILES string of the molecule is CC(C)[C@@H](c1nnnn1CCc1ccccc1)N1CCN(C(=O)c2ccco2)CC1. The molecular formula is C22H28N6O2. The number of hydrogen-bond acceptors (Lipinski definition) is 6. The van der Waals surface area contributed by atoms with Crippen LogP contribution in [0.25, 0.3) is 0 Å². The highest BCUT2D eigenvalue weighted by atomic mass is 16.3. The van der Waals surface area contributed by atoms with E-state index in [1.165, 1.54) is 11.8 Å². The van der Waals surface area contributed by atoms with E-state index in [9.17, 15) is 4.79 Å². The number of benzene rings is 1. The smallest absolute Gasteiger partial charge is 0.289 e. The Hall–Kier alpha value is -3.00. The Bertz CT molecular complexity index is 930. The van der Waals surface area contributed by atoms with Crippen LogP contribution in [0.1, 0.15) is 41.8 Å². The fraction of sp³-hybridized carbons (Fsp3) is 0.455. The molecule has 158 valence electrons. The van der Waals surface area contributed by atoms with E-state index in [1.54, 1.807) is 12.1 Å². The predicted molar refractivity (Wildman–Crippen MR) is 112 cm³/mol. The molecule has 30 heavy (non-hydrogen) atoms. The fourth-order valence-electron chi connectivity index (χ4n) is 4.10. The third-order valence-corrected chi connectivity index (χ3v) is 5.64. The molecule has 0 aliphatic carbocycles. The standard InChI is InChI=1S/C22H28N6O2/c1-17(2)20(21-23-24-25-28(21)11-10-18-7-4-3-5-8-18)26-12-14-27(15-13-26)22(29)19-9-6-16-30-19/h3-9,16-17,20H,10-15H2,1-2H3/t20-/m0/s1. The van der Waals surface area contributed by atoms with Gasteiger partial charge in [0.2, 0.25) is 0 Å². The van der Waals surface area contributed by atoms with Gasteiger partial charge in [0.1, 0.15) is 0 Å². The van der Waals surface area contributed by atoms with E-state index in [0.717, 1.165) is 31.9 Å². The average Bonchev–Trinajstić information content (AvgIpc) is 3.46. The summed E-state index contributed by atoms with van der Waals surface area (Å²) in [6, 6.07) is 13.9. The van der Waals surface area contributed by atoms with Gasteiger partial charge in [-0.05, 0) is 40.5 Å². The number of piperazine rings is 1. The first-order valence-electron chi connectivity index (χ1n) is 10.5. The quantitative estimate of drug-likeness (QED) is 0.598. The molecule has 3 heterocycles. The second kappa shape index (κ2) is 9.21. The monoisotopic (exact) mass is 408 g/mol. The summed E-state index contributed by atoms with van der Waals surface area (Å²) < 4.78 is 7.19. The molecule has 0 saturated carbocycles. The lowest BCUT2D eigenvalue weighted by molar-refractivity contribution is 0.0463. The Labute approximate surface area is 176 Å². The van der Waals surface area contributed by atoms with Gasteiger partial charge in [-0.1, -0.05) is 44.2 Å². The first-order chi connectivity index (χ1) is 14.6. The Kier molecular flexibility index (Phi) is 6.23. The zero-order chi connectivity index (χ0) is 20.9. The van der Waals surface area contributed by atoms with Crippen LogP contribution in [0.3, 0.4) is 0 Å². The summed E-state index contributed by atoms with van der Waals surface area (Å²) in [5.41, 5.74) is 1.27. The zero-order valence-electron chi connectivity index (χ0n) is 17.5. The summed E-state index contributed by atoms with van der Waals surface area (Å²) in [6.45, 7) is 8.01. The van der Waals surface area contributed by atoms with Crippen LogP contribution in [0.5, 0.6) is 0 Å². The van der Waals surface area contributed by atoms with Gasteiger partial charge in [0.25, 0.3) is 5.91 Å². The molecular weight excluding hydrogens is 380 g/mol. The topological polar surface area (TPSA) is 80.3 Å². The number of nitrogens with zero attached hydrogens (tertiary/aromatic N) is 6. The van der Waals surface area contributed by atoms with E-state index in [2.05, 4.69) is 58.5 Å². The molecule has 1 saturated heterocycles. The van der Waals surface area contributed by atoms with Crippen LogP contribution >= 0.6 is 0 Å². The van der Waals surface area contributed by atoms with Gasteiger partial charge < -0.3 is 9.32 Å². The van der Waals surface area contributed by atoms with Gasteiger partial charge in [0.15, 0.2) is 11.6 Å². The zero-order valence-corrected chi connectivity index (χ0v) is 17.5. The van der Waals surface area contributed by atoms with Crippen molar-refractivity contribution >= 4 is 5.91 Å². The minimum Gasteiger partial charge on any atom is -0.459 e. The highest BCUT2D eigenvalue weighted by Gasteiger charge is 2.33. The fourth-order valence-corrected chi connectivity index (χ4v) is 4.10. The molecule has 2 aromatic heterocycles. The number of hydrogen-bond donors (Lipinski definition) is 0. The molecule has 1 aromatic carbocycles. The number of tetrazole rings is 1. The predicted octanol–water partition coefficient (Wildman–Crippen LogP) is 2.66. The first kappa shape index (κ1) is 20.3. The summed E-state index contributed by atoms with van der Waals surface area (Å²) in [7, 11) is 0. The number of aromatic nitrogens is 4. The van der Waals surface area contributed by atoms with Gasteiger partial charge in [-0.15, -0.1) is 5.10 Å². The summed E-state index contributed by atoms with van der Waals surface area (Å²) in [6.07, 6.45) is 2.42. The minimum absolute atomic E-state index is 0.0477. The summed E-state index contributed by atoms with van der Waals surface area (Å²) in [5.74, 6) is 1.59. The number of carbonyl (C=O) groups excluding carboxylic acids is 1. The molecule has 0 bridgehead atoms. The van der Waals surface area contributed by atoms with Crippen molar-refractivity contribution in [3.05, 3.63) is 65.9 Å². The van der Waals surface area contributed by atoms with Crippen molar-refractivity contribution in [1.82, 2.24) is 30.0 Å². The lowest BCUT2D eigenvalue weighted by Crippen LogP contribution is -2.50. The van der Waals surface area contributed by atoms with Gasteiger partial charge >= 0.3 is 0 Å². The highest BCUT2D eigenvalue weighted by Crippen LogP contribution is 2.28. The van der Waals surface area contributed by atoms with Crippen LogP contribution in [0.15, 0.2) is 53.1 Å². The van der Waals surface area contributed by atoms with E-state index in [0.29, 0.717) is 24.8 Å². The number of aryl methyl sites for hydroxylation is 2. The van der Waals surface area contributed by atoms with Crippen LogP contribution in [0, 0.1) is 5.92 Å². The van der Waals surface area contributed by atoms with E-state index in [4.69, 9.17) is 4.42 Å². The maximum atomic E-state index is 12.6. The van der Waals surface area contributed by atoms with Gasteiger partial charge in [0, 0.05) is 32.7 Å². The van der Waals surface area contributed by atoms with Crippen LogP contribution in [-0.2, 0) is 13.0 Å². The highest BCUT2D eigenvalue weighted by molar-refractivity contribution is 5.91. The molecule has 0 N–H and O–H groups in total. The largest absolute Gasteiger partial charge is 0.459 e. The van der Waals surface area contributed by atoms with Crippen molar-refractivity contribution in [3.8, 4) is 0 Å². The summed E-state index contributed by atoms with van der Waals surface area (Å²) >= 11 is 0. The Morgan fingerprint density at radius 3 is 2.50 bits per heavy atom. The van der Waals surface area contributed by atoms with Crippen molar-refractivity contribution in [2.45, 2.75) is 32.9 Å². The first-order valence-corrected chi connectivity index (χ1v) is 10.5. The molecule has 8 nitrogen and oxygen atoms in total. The average molecular weight is 409 g/mol. The number of rotatable bonds is 7. The second-order valence-electron chi connectivity index (χ2n) is 7.99. The van der Waals surface area contributed by atoms with Crippen LogP contribution in [-0.4, -0.2) is 62.1 Å². The lowest BCUT2D eigenvalue weighted by atomic mass is 10.0. The molecule has 3 aromatic rings. The maximum absolute atomic E-state index is 12.6. The number of furan rings is 1. The number of carbonyl (C=O) groups is 1. The van der Waals surface area contributed by atoms with Gasteiger partial charge in [-0.2, -0.15) is 0 Å².